The van der Waals surface area contributed by atoms with Gasteiger partial charge in [-0.05, 0) is 69.1 Å². The fourth-order valence-electron chi connectivity index (χ4n) is 4.36. The summed E-state index contributed by atoms with van der Waals surface area (Å²) in [5, 5.41) is 9.66. The number of benzene rings is 1. The lowest BCUT2D eigenvalue weighted by Gasteiger charge is -2.40. The van der Waals surface area contributed by atoms with Crippen LogP contribution in [0.2, 0.25) is 0 Å². The second-order valence-electron chi connectivity index (χ2n) is 10.5. The number of amides is 1. The van der Waals surface area contributed by atoms with E-state index in [1.54, 1.807) is 4.90 Å². The van der Waals surface area contributed by atoms with Crippen LogP contribution in [-0.4, -0.2) is 46.6 Å². The average Bonchev–Trinajstić information content (AvgIpc) is 2.60. The smallest absolute Gasteiger partial charge is 0.307 e. The predicted octanol–water partition coefficient (Wildman–Crippen LogP) is 3.72. The van der Waals surface area contributed by atoms with Gasteiger partial charge in [0, 0.05) is 13.1 Å². The minimum Gasteiger partial charge on any atom is -0.488 e. The number of carboxylic acid groups (broad SMARTS) is 1. The van der Waals surface area contributed by atoms with Crippen LogP contribution in [0.1, 0.15) is 59.9 Å². The zero-order chi connectivity index (χ0) is 22.7. The van der Waals surface area contributed by atoms with Crippen molar-refractivity contribution in [1.82, 2.24) is 4.90 Å². The third-order valence-electron chi connectivity index (χ3n) is 5.64. The zero-order valence-corrected chi connectivity index (χ0v) is 19.3. The quantitative estimate of drug-likeness (QED) is 0.734. The third-order valence-corrected chi connectivity index (χ3v) is 5.64. The zero-order valence-electron chi connectivity index (χ0n) is 19.3. The highest BCUT2D eigenvalue weighted by molar-refractivity contribution is 5.82. The molecule has 1 aromatic carbocycles. The molecule has 0 aliphatic carbocycles. The summed E-state index contributed by atoms with van der Waals surface area (Å²) in [6, 6.07) is 7.10. The lowest BCUT2D eigenvalue weighted by Crippen LogP contribution is -2.50. The number of hydrogen-bond acceptors (Lipinski definition) is 4. The Kier molecular flexibility index (Phi) is 7.56. The van der Waals surface area contributed by atoms with E-state index in [-0.39, 0.29) is 22.8 Å². The number of carboxylic acids is 1. The molecule has 1 unspecified atom stereocenters. The van der Waals surface area contributed by atoms with E-state index in [1.165, 1.54) is 0 Å². The van der Waals surface area contributed by atoms with E-state index in [0.29, 0.717) is 32.4 Å². The summed E-state index contributed by atoms with van der Waals surface area (Å²) in [6.45, 7) is 13.0. The van der Waals surface area contributed by atoms with Crippen LogP contribution in [-0.2, 0) is 16.0 Å². The van der Waals surface area contributed by atoms with Gasteiger partial charge in [0.1, 0.15) is 11.4 Å². The lowest BCUT2D eigenvalue weighted by atomic mass is 9.70. The molecular formula is C24H38N2O4. The van der Waals surface area contributed by atoms with Gasteiger partial charge in [-0.3, -0.25) is 9.59 Å². The van der Waals surface area contributed by atoms with Crippen LogP contribution in [0.5, 0.6) is 5.75 Å². The topological polar surface area (TPSA) is 92.9 Å². The first-order valence-electron chi connectivity index (χ1n) is 10.8. The minimum absolute atomic E-state index is 0.0638. The number of nitrogens with zero attached hydrogens (tertiary/aromatic N) is 1. The first kappa shape index (κ1) is 24.2. The third kappa shape index (κ3) is 6.73. The maximum absolute atomic E-state index is 12.8. The molecule has 1 aromatic rings. The van der Waals surface area contributed by atoms with Crippen molar-refractivity contribution in [3.63, 3.8) is 0 Å². The highest BCUT2D eigenvalue weighted by atomic mass is 16.5. The van der Waals surface area contributed by atoms with E-state index in [2.05, 4.69) is 0 Å². The normalized spacial score (nSPS) is 18.0. The molecule has 3 N–H and O–H groups in total. The van der Waals surface area contributed by atoms with Gasteiger partial charge in [-0.2, -0.15) is 0 Å². The Bertz CT molecular complexity index is 723. The van der Waals surface area contributed by atoms with Gasteiger partial charge in [0.2, 0.25) is 5.91 Å². The largest absolute Gasteiger partial charge is 0.488 e. The first-order chi connectivity index (χ1) is 13.8. The summed E-state index contributed by atoms with van der Waals surface area (Å²) in [4.78, 5) is 26.4. The van der Waals surface area contributed by atoms with Gasteiger partial charge < -0.3 is 20.5 Å². The van der Waals surface area contributed by atoms with Crippen molar-refractivity contribution >= 4 is 11.9 Å². The van der Waals surface area contributed by atoms with Crippen LogP contribution in [0.15, 0.2) is 24.3 Å². The number of aliphatic carboxylic acids is 1. The molecule has 1 amide bonds. The molecule has 0 radical (unpaired) electrons. The number of carbonyl (C=O) groups excluding carboxylic acids is 1. The van der Waals surface area contributed by atoms with Crippen molar-refractivity contribution in [2.24, 2.45) is 23.0 Å². The number of rotatable bonds is 6. The summed E-state index contributed by atoms with van der Waals surface area (Å²) in [5.74, 6) is -0.343. The summed E-state index contributed by atoms with van der Waals surface area (Å²) in [6.07, 6.45) is 1.87. The van der Waals surface area contributed by atoms with E-state index < -0.39 is 17.9 Å². The highest BCUT2D eigenvalue weighted by Crippen LogP contribution is 2.37. The van der Waals surface area contributed by atoms with E-state index in [1.807, 2.05) is 65.8 Å². The maximum Gasteiger partial charge on any atom is 0.307 e. The molecule has 0 spiro atoms. The van der Waals surface area contributed by atoms with E-state index >= 15 is 0 Å². The van der Waals surface area contributed by atoms with Crippen LogP contribution >= 0.6 is 0 Å². The van der Waals surface area contributed by atoms with E-state index in [4.69, 9.17) is 10.5 Å². The van der Waals surface area contributed by atoms with Crippen molar-refractivity contribution in [1.29, 1.82) is 0 Å². The molecule has 1 aliphatic rings. The van der Waals surface area contributed by atoms with Crippen molar-refractivity contribution in [3.05, 3.63) is 29.8 Å². The number of hydrogen-bond donors (Lipinski definition) is 2. The molecule has 2 rings (SSSR count). The summed E-state index contributed by atoms with van der Waals surface area (Å²) < 4.78 is 5.83. The van der Waals surface area contributed by atoms with Gasteiger partial charge in [-0.25, -0.2) is 0 Å². The van der Waals surface area contributed by atoms with E-state index in [9.17, 15) is 14.7 Å². The van der Waals surface area contributed by atoms with Crippen LogP contribution in [0.25, 0.3) is 0 Å². The monoisotopic (exact) mass is 418 g/mol. The van der Waals surface area contributed by atoms with Crippen LogP contribution in [0.4, 0.5) is 0 Å². The molecule has 1 saturated heterocycles. The number of piperidine rings is 1. The van der Waals surface area contributed by atoms with Crippen molar-refractivity contribution in [2.45, 2.75) is 72.4 Å². The first-order valence-corrected chi connectivity index (χ1v) is 10.8. The minimum atomic E-state index is -0.747. The Morgan fingerprint density at radius 1 is 1.10 bits per heavy atom. The number of nitrogens with two attached hydrogens (primary N) is 1. The predicted molar refractivity (Wildman–Crippen MR) is 118 cm³/mol. The summed E-state index contributed by atoms with van der Waals surface area (Å²) in [5.41, 5.74) is 6.65. The lowest BCUT2D eigenvalue weighted by molar-refractivity contribution is -0.149. The van der Waals surface area contributed by atoms with Gasteiger partial charge in [-0.1, -0.05) is 32.9 Å². The molecule has 0 saturated carbocycles. The van der Waals surface area contributed by atoms with Gasteiger partial charge in [0.05, 0.1) is 12.0 Å². The Morgan fingerprint density at radius 2 is 1.63 bits per heavy atom. The van der Waals surface area contributed by atoms with Gasteiger partial charge in [-0.15, -0.1) is 0 Å². The SMILES string of the molecule is CC(C)(C)Oc1ccc(C[C@H](N)C(=O)N2CCC(C(C(=O)O)C(C)(C)C)CC2)cc1. The molecule has 1 aliphatic heterocycles. The number of carbonyl (C=O) groups is 2. The second-order valence-corrected chi connectivity index (χ2v) is 10.5. The number of likely N-dealkylation sites (tertiary alicyclic amines) is 1. The summed E-state index contributed by atoms with van der Waals surface area (Å²) in [7, 11) is 0. The number of ether oxygens (including phenoxy) is 1. The van der Waals surface area contributed by atoms with Gasteiger partial charge >= 0.3 is 5.97 Å². The second kappa shape index (κ2) is 9.38. The summed E-state index contributed by atoms with van der Waals surface area (Å²) >= 11 is 0. The average molecular weight is 419 g/mol. The molecular weight excluding hydrogens is 380 g/mol. The Hall–Kier alpha value is -2.08. The molecule has 6 heteroatoms. The standard InChI is InChI=1S/C24H38N2O4/c1-23(2,3)20(22(28)29)17-11-13-26(14-12-17)21(27)19(25)15-16-7-9-18(10-8-16)30-24(4,5)6/h7-10,17,19-20H,11-15,25H2,1-6H3,(H,28,29)/t19-,20?/m0/s1. The Balaban J connectivity index is 1.91. The van der Waals surface area contributed by atoms with Gasteiger partial charge in [0.25, 0.3) is 0 Å². The van der Waals surface area contributed by atoms with E-state index in [0.717, 1.165) is 11.3 Å². The Labute approximate surface area is 180 Å². The highest BCUT2D eigenvalue weighted by Gasteiger charge is 2.40. The van der Waals surface area contributed by atoms with Crippen LogP contribution in [0.3, 0.4) is 0 Å². The molecule has 1 fully saturated rings. The van der Waals surface area contributed by atoms with Crippen LogP contribution < -0.4 is 10.5 Å². The molecule has 6 nitrogen and oxygen atoms in total. The maximum atomic E-state index is 12.8. The molecule has 30 heavy (non-hydrogen) atoms. The fraction of sp³-hybridized carbons (Fsp3) is 0.667. The van der Waals surface area contributed by atoms with Crippen LogP contribution in [0, 0.1) is 17.3 Å². The van der Waals surface area contributed by atoms with Gasteiger partial charge in [0.15, 0.2) is 0 Å². The van der Waals surface area contributed by atoms with Crippen molar-refractivity contribution < 1.29 is 19.4 Å². The molecule has 1 heterocycles. The Morgan fingerprint density at radius 3 is 2.07 bits per heavy atom. The molecule has 0 bridgehead atoms. The fourth-order valence-corrected chi connectivity index (χ4v) is 4.36. The molecule has 168 valence electrons. The molecule has 2 atom stereocenters. The molecule has 0 aromatic heterocycles. The van der Waals surface area contributed by atoms with Crippen molar-refractivity contribution in [2.75, 3.05) is 13.1 Å². The van der Waals surface area contributed by atoms with Crippen molar-refractivity contribution in [3.8, 4) is 5.75 Å².